The zero-order valence-corrected chi connectivity index (χ0v) is 19.8. The Hall–Kier alpha value is -3.43. The molecule has 178 valence electrons. The van der Waals surface area contributed by atoms with Gasteiger partial charge in [-0.05, 0) is 67.8 Å². The number of nitrogens with one attached hydrogen (secondary N) is 1. The molecule has 1 saturated heterocycles. The number of piperidine rings is 1. The molecule has 0 saturated carbocycles. The molecule has 34 heavy (non-hydrogen) atoms. The third kappa shape index (κ3) is 5.37. The van der Waals surface area contributed by atoms with E-state index in [1.54, 1.807) is 37.3 Å². The second-order valence-corrected chi connectivity index (χ2v) is 10.1. The lowest BCUT2D eigenvalue weighted by molar-refractivity contribution is -0.119. The zero-order valence-electron chi connectivity index (χ0n) is 18.9. The van der Waals surface area contributed by atoms with Crippen LogP contribution in [0, 0.1) is 6.92 Å². The maximum atomic E-state index is 13.0. The fourth-order valence-electron chi connectivity index (χ4n) is 3.85. The summed E-state index contributed by atoms with van der Waals surface area (Å²) in [4.78, 5) is 25.1. The average molecular weight is 482 g/mol. The molecule has 0 radical (unpaired) electrons. The Bertz CT molecular complexity index is 1280. The Labute approximate surface area is 199 Å². The number of hydrogen-bond donors (Lipinski definition) is 1. The number of anilines is 1. The van der Waals surface area contributed by atoms with Crippen LogP contribution >= 0.6 is 0 Å². The highest BCUT2D eigenvalue weighted by atomic mass is 32.2. The highest BCUT2D eigenvalue weighted by Crippen LogP contribution is 2.25. The Morgan fingerprint density at radius 2 is 1.71 bits per heavy atom. The quantitative estimate of drug-likeness (QED) is 0.518. The van der Waals surface area contributed by atoms with Crippen molar-refractivity contribution in [1.82, 2.24) is 8.87 Å². The minimum atomic E-state index is -3.63. The molecule has 8 nitrogen and oxygen atoms in total. The maximum absolute atomic E-state index is 13.0. The molecule has 1 amide bonds. The number of aryl methyl sites for hydroxylation is 1. The van der Waals surface area contributed by atoms with Crippen LogP contribution in [-0.4, -0.2) is 48.9 Å². The van der Waals surface area contributed by atoms with Crippen LogP contribution in [0.2, 0.25) is 0 Å². The molecule has 0 aliphatic carbocycles. The van der Waals surface area contributed by atoms with Gasteiger partial charge >= 0.3 is 5.97 Å². The summed E-state index contributed by atoms with van der Waals surface area (Å²) in [5.74, 6) is -1.17. The van der Waals surface area contributed by atoms with Crippen molar-refractivity contribution >= 4 is 27.6 Å². The third-order valence-corrected chi connectivity index (χ3v) is 7.65. The first-order valence-corrected chi connectivity index (χ1v) is 12.6. The predicted molar refractivity (Wildman–Crippen MR) is 128 cm³/mol. The molecule has 1 aromatic heterocycles. The van der Waals surface area contributed by atoms with Crippen molar-refractivity contribution < 1.29 is 22.7 Å². The Kier molecular flexibility index (Phi) is 7.14. The number of carbonyl (C=O) groups excluding carboxylic acids is 2. The number of rotatable bonds is 7. The number of amides is 1. The fraction of sp³-hybridized carbons (Fsp3) is 0.280. The van der Waals surface area contributed by atoms with Gasteiger partial charge in [0.2, 0.25) is 10.0 Å². The first-order valence-electron chi connectivity index (χ1n) is 11.2. The molecular weight excluding hydrogens is 454 g/mol. The van der Waals surface area contributed by atoms with Gasteiger partial charge in [-0.15, -0.1) is 0 Å². The van der Waals surface area contributed by atoms with Crippen molar-refractivity contribution in [2.45, 2.75) is 31.1 Å². The van der Waals surface area contributed by atoms with E-state index >= 15 is 0 Å². The molecule has 2 heterocycles. The summed E-state index contributed by atoms with van der Waals surface area (Å²) < 4.78 is 34.4. The van der Waals surface area contributed by atoms with E-state index < -0.39 is 28.5 Å². The van der Waals surface area contributed by atoms with Crippen molar-refractivity contribution in [2.24, 2.45) is 0 Å². The van der Waals surface area contributed by atoms with Crippen molar-refractivity contribution in [2.75, 3.05) is 25.0 Å². The number of aromatic nitrogens is 1. The molecule has 1 fully saturated rings. The number of ether oxygens (including phenoxy) is 1. The Morgan fingerprint density at radius 1 is 0.971 bits per heavy atom. The van der Waals surface area contributed by atoms with Crippen LogP contribution in [0.1, 0.15) is 35.2 Å². The summed E-state index contributed by atoms with van der Waals surface area (Å²) in [5, 5.41) is 2.66. The van der Waals surface area contributed by atoms with Gasteiger partial charge in [0.15, 0.2) is 6.61 Å². The largest absolute Gasteiger partial charge is 0.452 e. The van der Waals surface area contributed by atoms with Gasteiger partial charge in [0.25, 0.3) is 5.91 Å². The van der Waals surface area contributed by atoms with Gasteiger partial charge < -0.3 is 14.6 Å². The van der Waals surface area contributed by atoms with Gasteiger partial charge in [-0.1, -0.05) is 18.6 Å². The maximum Gasteiger partial charge on any atom is 0.338 e. The lowest BCUT2D eigenvalue weighted by atomic mass is 10.2. The van der Waals surface area contributed by atoms with E-state index in [1.807, 2.05) is 35.2 Å². The van der Waals surface area contributed by atoms with Crippen LogP contribution in [0.25, 0.3) is 5.69 Å². The van der Waals surface area contributed by atoms with Gasteiger partial charge in [-0.2, -0.15) is 4.31 Å². The molecule has 1 N–H and O–H groups in total. The highest BCUT2D eigenvalue weighted by Gasteiger charge is 2.26. The smallest absolute Gasteiger partial charge is 0.338 e. The number of hydrogen-bond acceptors (Lipinski definition) is 5. The average Bonchev–Trinajstić information content (AvgIpc) is 3.39. The van der Waals surface area contributed by atoms with Crippen molar-refractivity contribution in [3.63, 3.8) is 0 Å². The summed E-state index contributed by atoms with van der Waals surface area (Å²) in [6, 6.07) is 15.3. The molecule has 0 atom stereocenters. The number of nitrogens with zero attached hydrogens (tertiary/aromatic N) is 2. The lowest BCUT2D eigenvalue weighted by Gasteiger charge is -2.26. The standard InChI is InChI=1S/C25H27N3O5S/c1-19-10-11-22(34(31,32)28-14-3-2-4-15-28)17-23(19)26-24(29)18-33-25(30)20-8-7-9-21(16-20)27-12-5-6-13-27/h5-13,16-17H,2-4,14-15,18H2,1H3,(H,26,29). The van der Waals surface area contributed by atoms with E-state index in [-0.39, 0.29) is 4.90 Å². The van der Waals surface area contributed by atoms with Gasteiger partial charge in [-0.25, -0.2) is 13.2 Å². The normalized spacial score (nSPS) is 14.5. The van der Waals surface area contributed by atoms with Crippen molar-refractivity contribution in [3.8, 4) is 5.69 Å². The van der Waals surface area contributed by atoms with Gasteiger partial charge in [0.1, 0.15) is 0 Å². The molecule has 0 unspecified atom stereocenters. The van der Waals surface area contributed by atoms with E-state index in [0.29, 0.717) is 29.9 Å². The molecule has 2 aromatic carbocycles. The number of esters is 1. The number of benzene rings is 2. The van der Waals surface area contributed by atoms with E-state index in [0.717, 1.165) is 24.9 Å². The minimum absolute atomic E-state index is 0.133. The molecule has 4 rings (SSSR count). The fourth-order valence-corrected chi connectivity index (χ4v) is 5.40. The van der Waals surface area contributed by atoms with Crippen LogP contribution in [0.15, 0.2) is 71.9 Å². The summed E-state index contributed by atoms with van der Waals surface area (Å²) >= 11 is 0. The summed E-state index contributed by atoms with van der Waals surface area (Å²) in [7, 11) is -3.63. The highest BCUT2D eigenvalue weighted by molar-refractivity contribution is 7.89. The topological polar surface area (TPSA) is 97.7 Å². The predicted octanol–water partition coefficient (Wildman–Crippen LogP) is 3.76. The molecule has 3 aromatic rings. The second-order valence-electron chi connectivity index (χ2n) is 8.21. The Morgan fingerprint density at radius 3 is 2.44 bits per heavy atom. The number of sulfonamides is 1. The van der Waals surface area contributed by atoms with Crippen LogP contribution in [-0.2, 0) is 19.6 Å². The SMILES string of the molecule is Cc1ccc(S(=O)(=O)N2CCCCC2)cc1NC(=O)COC(=O)c1cccc(-n2cccc2)c1. The van der Waals surface area contributed by atoms with Crippen LogP contribution in [0.5, 0.6) is 0 Å². The molecule has 1 aliphatic rings. The van der Waals surface area contributed by atoms with E-state index in [2.05, 4.69) is 5.32 Å². The molecule has 0 bridgehead atoms. The molecule has 9 heteroatoms. The molecule has 1 aliphatic heterocycles. The van der Waals surface area contributed by atoms with Crippen LogP contribution < -0.4 is 5.32 Å². The van der Waals surface area contributed by atoms with Gasteiger partial charge in [0.05, 0.1) is 10.5 Å². The first kappa shape index (κ1) is 23.7. The van der Waals surface area contributed by atoms with Crippen molar-refractivity contribution in [1.29, 1.82) is 0 Å². The number of carbonyl (C=O) groups is 2. The molecular formula is C25H27N3O5S. The van der Waals surface area contributed by atoms with Crippen LogP contribution in [0.4, 0.5) is 5.69 Å². The monoisotopic (exact) mass is 481 g/mol. The third-order valence-electron chi connectivity index (χ3n) is 5.75. The lowest BCUT2D eigenvalue weighted by Crippen LogP contribution is -2.35. The van der Waals surface area contributed by atoms with E-state index in [1.165, 1.54) is 10.4 Å². The van der Waals surface area contributed by atoms with E-state index in [9.17, 15) is 18.0 Å². The zero-order chi connectivity index (χ0) is 24.1. The second kappa shape index (κ2) is 10.2. The minimum Gasteiger partial charge on any atom is -0.452 e. The van der Waals surface area contributed by atoms with Gasteiger partial charge in [0, 0.05) is 36.9 Å². The van der Waals surface area contributed by atoms with Gasteiger partial charge in [-0.3, -0.25) is 4.79 Å². The van der Waals surface area contributed by atoms with Crippen molar-refractivity contribution in [3.05, 3.63) is 78.1 Å². The summed E-state index contributed by atoms with van der Waals surface area (Å²) in [6.07, 6.45) is 6.43. The van der Waals surface area contributed by atoms with Crippen LogP contribution in [0.3, 0.4) is 0 Å². The first-order chi connectivity index (χ1) is 16.3. The summed E-state index contributed by atoms with van der Waals surface area (Å²) in [5.41, 5.74) is 2.20. The van der Waals surface area contributed by atoms with E-state index in [4.69, 9.17) is 4.74 Å². The molecule has 0 spiro atoms. The Balaban J connectivity index is 1.40. The summed E-state index contributed by atoms with van der Waals surface area (Å²) in [6.45, 7) is 2.28.